The number of ether oxygens (including phenoxy) is 2. The summed E-state index contributed by atoms with van der Waals surface area (Å²) in [5.74, 6) is -1.45. The standard InChI is InChI=1S/C23H18ClN3O7/c1-4-23(34-11(3)28)14-7-16-19-12(8-26(16)21(29)13(14)9-33-22(23)30)18(24)17-15(25-19)6-5-10(2)20(17)27(31)32/h5-7H,4,8-9H2,1-3H3. The number of halogens is 1. The molecule has 2 aliphatic heterocycles. The third-order valence-electron chi connectivity index (χ3n) is 6.43. The second-order valence-corrected chi connectivity index (χ2v) is 8.68. The van der Waals surface area contributed by atoms with Crippen LogP contribution in [0, 0.1) is 17.0 Å². The van der Waals surface area contributed by atoms with E-state index in [0.29, 0.717) is 28.0 Å². The quantitative estimate of drug-likeness (QED) is 0.246. The van der Waals surface area contributed by atoms with Gasteiger partial charge in [0.2, 0.25) is 5.60 Å². The number of hydrogen-bond acceptors (Lipinski definition) is 8. The Kier molecular flexibility index (Phi) is 4.77. The SMILES string of the molecule is CCC1(OC(C)=O)C(=O)OCc2c1cc1n(c2=O)Cc2c-1nc1ccc(C)c([N+](=O)[O-])c1c2Cl. The van der Waals surface area contributed by atoms with Gasteiger partial charge in [-0.2, -0.15) is 0 Å². The van der Waals surface area contributed by atoms with Crippen LogP contribution in [0.5, 0.6) is 0 Å². The maximum atomic E-state index is 13.5. The Morgan fingerprint density at radius 3 is 2.74 bits per heavy atom. The van der Waals surface area contributed by atoms with Gasteiger partial charge in [-0.3, -0.25) is 19.7 Å². The largest absolute Gasteiger partial charge is 0.457 e. The number of aromatic nitrogens is 2. The van der Waals surface area contributed by atoms with Gasteiger partial charge in [0.05, 0.1) is 44.3 Å². The topological polar surface area (TPSA) is 131 Å². The molecule has 0 saturated heterocycles. The number of aryl methyl sites for hydroxylation is 1. The molecular formula is C23H18ClN3O7. The normalized spacial score (nSPS) is 18.2. The number of rotatable bonds is 3. The summed E-state index contributed by atoms with van der Waals surface area (Å²) in [5.41, 5.74) is 0.0769. The van der Waals surface area contributed by atoms with Crippen LogP contribution in [0.25, 0.3) is 22.3 Å². The van der Waals surface area contributed by atoms with Gasteiger partial charge in [0.25, 0.3) is 11.2 Å². The van der Waals surface area contributed by atoms with Crippen LogP contribution in [0.4, 0.5) is 5.69 Å². The predicted octanol–water partition coefficient (Wildman–Crippen LogP) is 3.52. The number of nitro groups is 1. The summed E-state index contributed by atoms with van der Waals surface area (Å²) in [6, 6.07) is 4.83. The number of benzene rings is 1. The first-order chi connectivity index (χ1) is 16.1. The van der Waals surface area contributed by atoms with Crippen LogP contribution in [0.2, 0.25) is 5.02 Å². The highest BCUT2D eigenvalue weighted by Gasteiger charge is 2.50. The Morgan fingerprint density at radius 2 is 2.09 bits per heavy atom. The number of hydrogen-bond donors (Lipinski definition) is 0. The van der Waals surface area contributed by atoms with E-state index in [1.807, 2.05) is 0 Å². The van der Waals surface area contributed by atoms with E-state index in [9.17, 15) is 24.5 Å². The second kappa shape index (κ2) is 7.36. The van der Waals surface area contributed by atoms with Crippen LogP contribution in [-0.2, 0) is 37.8 Å². The molecule has 0 fully saturated rings. The summed E-state index contributed by atoms with van der Waals surface area (Å²) in [6.45, 7) is 4.23. The number of nitrogens with zero attached hydrogens (tertiary/aromatic N) is 3. The lowest BCUT2D eigenvalue weighted by Gasteiger charge is -2.35. The summed E-state index contributed by atoms with van der Waals surface area (Å²) in [7, 11) is 0. The van der Waals surface area contributed by atoms with E-state index in [1.54, 1.807) is 32.0 Å². The van der Waals surface area contributed by atoms with Crippen molar-refractivity contribution in [3.63, 3.8) is 0 Å². The summed E-state index contributed by atoms with van der Waals surface area (Å²) >= 11 is 6.68. The molecule has 2 aromatic heterocycles. The van der Waals surface area contributed by atoms with Crippen molar-refractivity contribution >= 4 is 40.1 Å². The highest BCUT2D eigenvalue weighted by molar-refractivity contribution is 6.37. The minimum atomic E-state index is -1.76. The molecule has 0 aliphatic carbocycles. The number of nitro benzene ring substituents is 1. The first kappa shape index (κ1) is 22.0. The molecule has 2 aliphatic rings. The van der Waals surface area contributed by atoms with Crippen molar-refractivity contribution in [2.75, 3.05) is 0 Å². The molecule has 0 amide bonds. The fraction of sp³-hybridized carbons (Fsp3) is 0.304. The molecule has 0 radical (unpaired) electrons. The van der Waals surface area contributed by atoms with Gasteiger partial charge < -0.3 is 14.0 Å². The number of carbonyl (C=O) groups excluding carboxylic acids is 2. The molecule has 5 rings (SSSR count). The molecule has 3 aromatic rings. The molecule has 11 heteroatoms. The Labute approximate surface area is 197 Å². The van der Waals surface area contributed by atoms with Crippen molar-refractivity contribution in [3.8, 4) is 11.4 Å². The zero-order valence-corrected chi connectivity index (χ0v) is 19.2. The van der Waals surface area contributed by atoms with Crippen LogP contribution >= 0.6 is 11.6 Å². The Bertz CT molecular complexity index is 1530. The lowest BCUT2D eigenvalue weighted by Crippen LogP contribution is -2.47. The van der Waals surface area contributed by atoms with Crippen molar-refractivity contribution < 1.29 is 24.0 Å². The van der Waals surface area contributed by atoms with Gasteiger partial charge in [-0.1, -0.05) is 24.6 Å². The van der Waals surface area contributed by atoms with E-state index in [4.69, 9.17) is 21.1 Å². The number of pyridine rings is 2. The third kappa shape index (κ3) is 2.81. The molecule has 0 bridgehead atoms. The van der Waals surface area contributed by atoms with E-state index >= 15 is 0 Å². The van der Waals surface area contributed by atoms with Crippen LogP contribution in [0.15, 0.2) is 23.0 Å². The van der Waals surface area contributed by atoms with Crippen molar-refractivity contribution in [2.45, 2.75) is 45.9 Å². The van der Waals surface area contributed by atoms with Crippen LogP contribution < -0.4 is 5.56 Å². The van der Waals surface area contributed by atoms with Crippen molar-refractivity contribution in [2.24, 2.45) is 0 Å². The van der Waals surface area contributed by atoms with E-state index in [0.717, 1.165) is 0 Å². The minimum Gasteiger partial charge on any atom is -0.457 e. The molecule has 0 spiro atoms. The fourth-order valence-corrected chi connectivity index (χ4v) is 5.18. The van der Waals surface area contributed by atoms with Gasteiger partial charge in [0.15, 0.2) is 0 Å². The molecule has 10 nitrogen and oxygen atoms in total. The first-order valence-corrected chi connectivity index (χ1v) is 10.9. The highest BCUT2D eigenvalue weighted by Crippen LogP contribution is 2.44. The molecular weight excluding hydrogens is 466 g/mol. The maximum absolute atomic E-state index is 13.5. The van der Waals surface area contributed by atoms with Gasteiger partial charge >= 0.3 is 11.9 Å². The molecule has 34 heavy (non-hydrogen) atoms. The average Bonchev–Trinajstić information content (AvgIpc) is 3.15. The van der Waals surface area contributed by atoms with Crippen molar-refractivity contribution in [3.05, 3.63) is 65.9 Å². The second-order valence-electron chi connectivity index (χ2n) is 8.30. The molecule has 174 valence electrons. The molecule has 0 N–H and O–H groups in total. The van der Waals surface area contributed by atoms with Gasteiger partial charge in [-0.25, -0.2) is 9.78 Å². The highest BCUT2D eigenvalue weighted by atomic mass is 35.5. The van der Waals surface area contributed by atoms with E-state index in [1.165, 1.54) is 11.5 Å². The third-order valence-corrected chi connectivity index (χ3v) is 6.85. The zero-order valence-electron chi connectivity index (χ0n) is 18.4. The fourth-order valence-electron chi connectivity index (χ4n) is 4.84. The maximum Gasteiger partial charge on any atom is 0.355 e. The molecule has 1 unspecified atom stereocenters. The number of carbonyl (C=O) groups is 2. The Morgan fingerprint density at radius 1 is 1.35 bits per heavy atom. The van der Waals surface area contributed by atoms with Crippen LogP contribution in [0.1, 0.15) is 42.5 Å². The summed E-state index contributed by atoms with van der Waals surface area (Å²) in [6.07, 6.45) is 0.0611. The van der Waals surface area contributed by atoms with Crippen LogP contribution in [-0.4, -0.2) is 26.4 Å². The smallest absolute Gasteiger partial charge is 0.355 e. The van der Waals surface area contributed by atoms with Crippen LogP contribution in [0.3, 0.4) is 0 Å². The van der Waals surface area contributed by atoms with Crippen molar-refractivity contribution in [1.82, 2.24) is 9.55 Å². The summed E-state index contributed by atoms with van der Waals surface area (Å²) in [5, 5.41) is 12.1. The zero-order chi connectivity index (χ0) is 24.5. The predicted molar refractivity (Wildman–Crippen MR) is 120 cm³/mol. The Hall–Kier alpha value is -3.79. The minimum absolute atomic E-state index is 0.0459. The van der Waals surface area contributed by atoms with E-state index < -0.39 is 28.0 Å². The number of cyclic esters (lactones) is 1. The number of esters is 2. The average molecular weight is 484 g/mol. The van der Waals surface area contributed by atoms with Gasteiger partial charge in [0.1, 0.15) is 6.61 Å². The van der Waals surface area contributed by atoms with E-state index in [2.05, 4.69) is 4.98 Å². The summed E-state index contributed by atoms with van der Waals surface area (Å²) < 4.78 is 12.1. The Balaban J connectivity index is 1.83. The van der Waals surface area contributed by atoms with E-state index in [-0.39, 0.29) is 46.8 Å². The molecule has 4 heterocycles. The van der Waals surface area contributed by atoms with Gasteiger partial charge in [0, 0.05) is 23.6 Å². The lowest BCUT2D eigenvalue weighted by atomic mass is 9.85. The summed E-state index contributed by atoms with van der Waals surface area (Å²) in [4.78, 5) is 53.9. The first-order valence-electron chi connectivity index (χ1n) is 10.5. The van der Waals surface area contributed by atoms with Gasteiger partial charge in [-0.05, 0) is 25.5 Å². The van der Waals surface area contributed by atoms with Gasteiger partial charge in [-0.15, -0.1) is 0 Å². The number of fused-ring (bicyclic) bond motifs is 5. The molecule has 1 atom stereocenters. The monoisotopic (exact) mass is 483 g/mol. The molecule has 1 aromatic carbocycles. The molecule has 0 saturated carbocycles. The van der Waals surface area contributed by atoms with Crippen molar-refractivity contribution in [1.29, 1.82) is 0 Å². The lowest BCUT2D eigenvalue weighted by molar-refractivity contribution is -0.383.